The Kier molecular flexibility index (Phi) is 4.30. The van der Waals surface area contributed by atoms with Crippen LogP contribution >= 0.6 is 0 Å². The van der Waals surface area contributed by atoms with E-state index in [1.807, 2.05) is 30.3 Å². The Morgan fingerprint density at radius 2 is 2.00 bits per heavy atom. The third kappa shape index (κ3) is 3.90. The van der Waals surface area contributed by atoms with E-state index in [-0.39, 0.29) is 0 Å². The van der Waals surface area contributed by atoms with E-state index in [9.17, 15) is 4.79 Å². The first kappa shape index (κ1) is 12.1. The highest BCUT2D eigenvalue weighted by Gasteiger charge is 2.02. The molecule has 2 aromatic rings. The molecule has 0 aliphatic rings. The predicted molar refractivity (Wildman–Crippen MR) is 69.4 cm³/mol. The summed E-state index contributed by atoms with van der Waals surface area (Å²) in [6.45, 7) is 0.357. The summed E-state index contributed by atoms with van der Waals surface area (Å²) in [5.41, 5.74) is 1.77. The van der Waals surface area contributed by atoms with Gasteiger partial charge in [0.1, 0.15) is 0 Å². The fraction of sp³-hybridized carbons (Fsp3) is 0.143. The van der Waals surface area contributed by atoms with Gasteiger partial charge in [-0.2, -0.15) is 0 Å². The molecule has 1 aromatic carbocycles. The van der Waals surface area contributed by atoms with Crippen molar-refractivity contribution in [2.24, 2.45) is 0 Å². The standard InChI is InChI=1S/C14H14N2O2/c17-14(16-13-7-4-9-15-11-13)18-10-8-12-5-2-1-3-6-12/h1-7,9,11H,8,10H2,(H,16,17). The molecular formula is C14H14N2O2. The maximum atomic E-state index is 11.4. The number of carbonyl (C=O) groups is 1. The van der Waals surface area contributed by atoms with Gasteiger partial charge in [0, 0.05) is 12.6 Å². The Balaban J connectivity index is 1.73. The van der Waals surface area contributed by atoms with E-state index in [0.29, 0.717) is 18.7 Å². The summed E-state index contributed by atoms with van der Waals surface area (Å²) >= 11 is 0. The van der Waals surface area contributed by atoms with E-state index in [4.69, 9.17) is 4.74 Å². The van der Waals surface area contributed by atoms with Gasteiger partial charge < -0.3 is 4.74 Å². The molecule has 4 heteroatoms. The van der Waals surface area contributed by atoms with Crippen molar-refractivity contribution in [3.63, 3.8) is 0 Å². The molecule has 0 unspecified atom stereocenters. The fourth-order valence-corrected chi connectivity index (χ4v) is 1.50. The minimum atomic E-state index is -0.459. The molecule has 1 aromatic heterocycles. The third-order valence-corrected chi connectivity index (χ3v) is 2.37. The normalized spacial score (nSPS) is 9.78. The average molecular weight is 242 g/mol. The number of carbonyl (C=O) groups excluding carboxylic acids is 1. The Hall–Kier alpha value is -2.36. The summed E-state index contributed by atoms with van der Waals surface area (Å²) in [7, 11) is 0. The van der Waals surface area contributed by atoms with Crippen molar-refractivity contribution in [2.45, 2.75) is 6.42 Å². The molecule has 0 atom stereocenters. The van der Waals surface area contributed by atoms with E-state index < -0.39 is 6.09 Å². The van der Waals surface area contributed by atoms with E-state index in [0.717, 1.165) is 5.56 Å². The lowest BCUT2D eigenvalue weighted by Crippen LogP contribution is -2.15. The minimum Gasteiger partial charge on any atom is -0.449 e. The monoisotopic (exact) mass is 242 g/mol. The highest BCUT2D eigenvalue weighted by molar-refractivity contribution is 5.84. The SMILES string of the molecule is O=C(Nc1cccnc1)OCCc1ccccc1. The molecule has 18 heavy (non-hydrogen) atoms. The van der Waals surface area contributed by atoms with Gasteiger partial charge in [-0.05, 0) is 17.7 Å². The third-order valence-electron chi connectivity index (χ3n) is 2.37. The number of ether oxygens (including phenoxy) is 1. The van der Waals surface area contributed by atoms with Crippen LogP contribution in [0.2, 0.25) is 0 Å². The first-order valence-corrected chi connectivity index (χ1v) is 5.72. The van der Waals surface area contributed by atoms with Crippen LogP contribution in [0.15, 0.2) is 54.9 Å². The topological polar surface area (TPSA) is 51.2 Å². The molecule has 1 heterocycles. The first-order valence-electron chi connectivity index (χ1n) is 5.72. The molecule has 0 aliphatic heterocycles. The van der Waals surface area contributed by atoms with E-state index >= 15 is 0 Å². The molecule has 0 fully saturated rings. The van der Waals surface area contributed by atoms with Crippen LogP contribution in [0.3, 0.4) is 0 Å². The van der Waals surface area contributed by atoms with Crippen molar-refractivity contribution < 1.29 is 9.53 Å². The van der Waals surface area contributed by atoms with Gasteiger partial charge in [0.25, 0.3) is 0 Å². The highest BCUT2D eigenvalue weighted by atomic mass is 16.5. The van der Waals surface area contributed by atoms with Gasteiger partial charge in [-0.25, -0.2) is 4.79 Å². The Bertz CT molecular complexity index is 486. The van der Waals surface area contributed by atoms with E-state index in [1.54, 1.807) is 24.5 Å². The molecule has 0 aliphatic carbocycles. The summed E-state index contributed by atoms with van der Waals surface area (Å²) in [6.07, 6.45) is 3.46. The molecule has 0 bridgehead atoms. The molecule has 1 N–H and O–H groups in total. The zero-order valence-corrected chi connectivity index (χ0v) is 9.87. The summed E-state index contributed by atoms with van der Waals surface area (Å²) in [4.78, 5) is 15.3. The van der Waals surface area contributed by atoms with Crippen molar-refractivity contribution >= 4 is 11.8 Å². The van der Waals surface area contributed by atoms with Crippen LogP contribution < -0.4 is 5.32 Å². The Morgan fingerprint density at radius 3 is 2.72 bits per heavy atom. The molecule has 0 radical (unpaired) electrons. The second kappa shape index (κ2) is 6.39. The first-order chi connectivity index (χ1) is 8.84. The van der Waals surface area contributed by atoms with E-state index in [1.165, 1.54) is 0 Å². The van der Waals surface area contributed by atoms with Gasteiger partial charge in [0.05, 0.1) is 18.5 Å². The maximum absolute atomic E-state index is 11.4. The molecular weight excluding hydrogens is 228 g/mol. The van der Waals surface area contributed by atoms with Crippen LogP contribution in [-0.4, -0.2) is 17.7 Å². The number of nitrogens with zero attached hydrogens (tertiary/aromatic N) is 1. The molecule has 4 nitrogen and oxygen atoms in total. The summed E-state index contributed by atoms with van der Waals surface area (Å²) in [5, 5.41) is 2.60. The average Bonchev–Trinajstić information content (AvgIpc) is 2.41. The zero-order chi connectivity index (χ0) is 12.6. The van der Waals surface area contributed by atoms with Crippen LogP contribution in [0.4, 0.5) is 10.5 Å². The second-order valence-corrected chi connectivity index (χ2v) is 3.74. The fourth-order valence-electron chi connectivity index (χ4n) is 1.50. The van der Waals surface area contributed by atoms with Crippen LogP contribution in [0.25, 0.3) is 0 Å². The lowest BCUT2D eigenvalue weighted by atomic mass is 10.2. The molecule has 2 rings (SSSR count). The molecule has 0 saturated carbocycles. The van der Waals surface area contributed by atoms with Crippen molar-refractivity contribution in [1.82, 2.24) is 4.98 Å². The number of hydrogen-bond acceptors (Lipinski definition) is 3. The van der Waals surface area contributed by atoms with E-state index in [2.05, 4.69) is 10.3 Å². The second-order valence-electron chi connectivity index (χ2n) is 3.74. The Morgan fingerprint density at radius 1 is 1.17 bits per heavy atom. The number of nitrogens with one attached hydrogen (secondary N) is 1. The Labute approximate surface area is 106 Å². The highest BCUT2D eigenvalue weighted by Crippen LogP contribution is 2.04. The van der Waals surface area contributed by atoms with Gasteiger partial charge in [-0.1, -0.05) is 30.3 Å². The molecule has 0 saturated heterocycles. The van der Waals surface area contributed by atoms with Gasteiger partial charge in [0.15, 0.2) is 0 Å². The summed E-state index contributed by atoms with van der Waals surface area (Å²) < 4.78 is 5.07. The van der Waals surface area contributed by atoms with Crippen molar-refractivity contribution in [2.75, 3.05) is 11.9 Å². The lowest BCUT2D eigenvalue weighted by Gasteiger charge is -2.06. The van der Waals surface area contributed by atoms with Crippen LogP contribution in [0.5, 0.6) is 0 Å². The van der Waals surface area contributed by atoms with Crippen molar-refractivity contribution in [3.8, 4) is 0 Å². The van der Waals surface area contributed by atoms with Crippen molar-refractivity contribution in [1.29, 1.82) is 0 Å². The van der Waals surface area contributed by atoms with Gasteiger partial charge in [-0.15, -0.1) is 0 Å². The molecule has 92 valence electrons. The van der Waals surface area contributed by atoms with Gasteiger partial charge >= 0.3 is 6.09 Å². The number of rotatable bonds is 4. The lowest BCUT2D eigenvalue weighted by molar-refractivity contribution is 0.163. The number of pyridine rings is 1. The number of amides is 1. The largest absolute Gasteiger partial charge is 0.449 e. The van der Waals surface area contributed by atoms with Crippen LogP contribution in [0, 0.1) is 0 Å². The summed E-state index contributed by atoms with van der Waals surface area (Å²) in [6, 6.07) is 13.4. The maximum Gasteiger partial charge on any atom is 0.411 e. The smallest absolute Gasteiger partial charge is 0.411 e. The van der Waals surface area contributed by atoms with Crippen molar-refractivity contribution in [3.05, 3.63) is 60.4 Å². The molecule has 0 spiro atoms. The predicted octanol–water partition coefficient (Wildman–Crippen LogP) is 2.87. The zero-order valence-electron chi connectivity index (χ0n) is 9.87. The quantitative estimate of drug-likeness (QED) is 0.896. The number of aromatic nitrogens is 1. The van der Waals surface area contributed by atoms with Gasteiger partial charge in [-0.3, -0.25) is 10.3 Å². The summed E-state index contributed by atoms with van der Waals surface area (Å²) in [5.74, 6) is 0. The van der Waals surface area contributed by atoms with Crippen LogP contribution in [0.1, 0.15) is 5.56 Å². The number of anilines is 1. The van der Waals surface area contributed by atoms with Crippen LogP contribution in [-0.2, 0) is 11.2 Å². The molecule has 1 amide bonds. The number of benzene rings is 1. The van der Waals surface area contributed by atoms with Gasteiger partial charge in [0.2, 0.25) is 0 Å². The minimum absolute atomic E-state index is 0.357. The number of hydrogen-bond donors (Lipinski definition) is 1.